The number of nitrogens with zero attached hydrogens (tertiary/aromatic N) is 3. The predicted octanol–water partition coefficient (Wildman–Crippen LogP) is 0.736. The molecule has 2 aromatic rings. The molecular weight excluding hydrogens is 170 g/mol. The van der Waals surface area contributed by atoms with Gasteiger partial charge in [-0.05, 0) is 13.0 Å². The van der Waals surface area contributed by atoms with Gasteiger partial charge in [0.15, 0.2) is 5.65 Å². The molecule has 0 aliphatic heterocycles. The van der Waals surface area contributed by atoms with Gasteiger partial charge in [-0.1, -0.05) is 0 Å². The lowest BCUT2D eigenvalue weighted by molar-refractivity contribution is 0.0699. The second-order valence-electron chi connectivity index (χ2n) is 2.70. The molecular formula is C8H7N3O2. The van der Waals surface area contributed by atoms with E-state index in [4.69, 9.17) is 5.11 Å². The maximum Gasteiger partial charge on any atom is 0.341 e. The Morgan fingerprint density at radius 2 is 2.38 bits per heavy atom. The Labute approximate surface area is 73.6 Å². The van der Waals surface area contributed by atoms with E-state index in [2.05, 4.69) is 10.1 Å². The molecule has 2 aromatic heterocycles. The molecule has 13 heavy (non-hydrogen) atoms. The molecule has 66 valence electrons. The number of carboxylic acid groups (broad SMARTS) is 1. The molecule has 0 aromatic carbocycles. The third-order valence-corrected chi connectivity index (χ3v) is 1.74. The van der Waals surface area contributed by atoms with Crippen molar-refractivity contribution in [3.05, 3.63) is 29.7 Å². The van der Waals surface area contributed by atoms with Gasteiger partial charge in [0.2, 0.25) is 0 Å². The third kappa shape index (κ3) is 1.14. The number of aromatic carboxylic acids is 1. The van der Waals surface area contributed by atoms with Gasteiger partial charge in [0, 0.05) is 11.9 Å². The third-order valence-electron chi connectivity index (χ3n) is 1.74. The predicted molar refractivity (Wildman–Crippen MR) is 44.7 cm³/mol. The first-order valence-electron chi connectivity index (χ1n) is 3.73. The number of hydrogen-bond donors (Lipinski definition) is 1. The van der Waals surface area contributed by atoms with Crippen molar-refractivity contribution in [2.45, 2.75) is 6.92 Å². The van der Waals surface area contributed by atoms with Crippen molar-refractivity contribution in [1.82, 2.24) is 14.6 Å². The van der Waals surface area contributed by atoms with Crippen LogP contribution in [0.25, 0.3) is 5.65 Å². The number of aromatic nitrogens is 3. The van der Waals surface area contributed by atoms with E-state index in [9.17, 15) is 4.79 Å². The molecule has 5 nitrogen and oxygen atoms in total. The van der Waals surface area contributed by atoms with Crippen LogP contribution >= 0.6 is 0 Å². The number of carbonyl (C=O) groups is 1. The van der Waals surface area contributed by atoms with Crippen LogP contribution in [0.1, 0.15) is 16.1 Å². The lowest BCUT2D eigenvalue weighted by Crippen LogP contribution is -1.98. The van der Waals surface area contributed by atoms with Gasteiger partial charge in [-0.2, -0.15) is 5.10 Å². The van der Waals surface area contributed by atoms with Crippen LogP contribution in [0, 0.1) is 6.92 Å². The van der Waals surface area contributed by atoms with Crippen molar-refractivity contribution in [3.63, 3.8) is 0 Å². The van der Waals surface area contributed by atoms with Crippen molar-refractivity contribution in [3.8, 4) is 0 Å². The first kappa shape index (κ1) is 7.72. The summed E-state index contributed by atoms with van der Waals surface area (Å²) in [6.45, 7) is 1.80. The zero-order chi connectivity index (χ0) is 9.42. The molecule has 0 radical (unpaired) electrons. The molecule has 0 aliphatic carbocycles. The highest BCUT2D eigenvalue weighted by Crippen LogP contribution is 2.07. The van der Waals surface area contributed by atoms with Crippen LogP contribution in [-0.4, -0.2) is 25.7 Å². The lowest BCUT2D eigenvalue weighted by Gasteiger charge is -1.94. The molecule has 2 rings (SSSR count). The monoisotopic (exact) mass is 177 g/mol. The second-order valence-corrected chi connectivity index (χ2v) is 2.70. The summed E-state index contributed by atoms with van der Waals surface area (Å²) in [6.07, 6.45) is 2.98. The number of aryl methyl sites for hydroxylation is 1. The van der Waals surface area contributed by atoms with Crippen molar-refractivity contribution < 1.29 is 9.90 Å². The smallest absolute Gasteiger partial charge is 0.341 e. The summed E-state index contributed by atoms with van der Waals surface area (Å²) in [4.78, 5) is 14.8. The molecule has 0 saturated heterocycles. The highest BCUT2D eigenvalue weighted by Gasteiger charge is 2.11. The Balaban J connectivity index is 2.79. The standard InChI is InChI=1S/C8H7N3O2/c1-5-2-3-11-7(10-5)6(4-9-11)8(12)13/h2-4H,1H3,(H,12,13). The van der Waals surface area contributed by atoms with Gasteiger partial charge in [-0.25, -0.2) is 14.3 Å². The Morgan fingerprint density at radius 3 is 3.08 bits per heavy atom. The molecule has 2 heterocycles. The zero-order valence-electron chi connectivity index (χ0n) is 6.93. The highest BCUT2D eigenvalue weighted by molar-refractivity contribution is 5.94. The molecule has 0 saturated carbocycles. The zero-order valence-corrected chi connectivity index (χ0v) is 6.93. The number of rotatable bonds is 1. The summed E-state index contributed by atoms with van der Waals surface area (Å²) in [5.41, 5.74) is 1.28. The van der Waals surface area contributed by atoms with Crippen molar-refractivity contribution in [2.24, 2.45) is 0 Å². The maximum absolute atomic E-state index is 10.7. The topological polar surface area (TPSA) is 67.5 Å². The molecule has 5 heteroatoms. The molecule has 0 amide bonds. The minimum absolute atomic E-state index is 0.128. The van der Waals surface area contributed by atoms with Gasteiger partial charge < -0.3 is 5.11 Å². The van der Waals surface area contributed by atoms with E-state index in [1.165, 1.54) is 10.7 Å². The average Bonchev–Trinajstić information content (AvgIpc) is 2.46. The summed E-state index contributed by atoms with van der Waals surface area (Å²) >= 11 is 0. The van der Waals surface area contributed by atoms with Gasteiger partial charge in [0.05, 0.1) is 6.20 Å². The Kier molecular flexibility index (Phi) is 1.51. The molecule has 0 aliphatic rings. The molecule has 0 fully saturated rings. The fraction of sp³-hybridized carbons (Fsp3) is 0.125. The minimum atomic E-state index is -1.01. The van der Waals surface area contributed by atoms with E-state index >= 15 is 0 Å². The van der Waals surface area contributed by atoms with E-state index in [1.54, 1.807) is 19.2 Å². The average molecular weight is 177 g/mol. The lowest BCUT2D eigenvalue weighted by atomic mass is 10.3. The normalized spacial score (nSPS) is 10.5. The Morgan fingerprint density at radius 1 is 1.62 bits per heavy atom. The quantitative estimate of drug-likeness (QED) is 0.697. The second kappa shape index (κ2) is 2.55. The van der Waals surface area contributed by atoms with E-state index in [0.717, 1.165) is 5.69 Å². The van der Waals surface area contributed by atoms with Gasteiger partial charge in [-0.3, -0.25) is 0 Å². The first-order chi connectivity index (χ1) is 6.18. The molecule has 0 atom stereocenters. The van der Waals surface area contributed by atoms with Crippen molar-refractivity contribution >= 4 is 11.6 Å². The van der Waals surface area contributed by atoms with Crippen LogP contribution in [0.4, 0.5) is 0 Å². The van der Waals surface area contributed by atoms with Crippen LogP contribution in [0.5, 0.6) is 0 Å². The van der Waals surface area contributed by atoms with Gasteiger partial charge >= 0.3 is 5.97 Å². The number of hydrogen-bond acceptors (Lipinski definition) is 3. The van der Waals surface area contributed by atoms with E-state index in [0.29, 0.717) is 5.65 Å². The van der Waals surface area contributed by atoms with Gasteiger partial charge in [-0.15, -0.1) is 0 Å². The SMILES string of the molecule is Cc1ccn2ncc(C(=O)O)c2n1. The summed E-state index contributed by atoms with van der Waals surface area (Å²) in [6, 6.07) is 1.77. The van der Waals surface area contributed by atoms with Crippen LogP contribution in [0.2, 0.25) is 0 Å². The summed E-state index contributed by atoms with van der Waals surface area (Å²) in [7, 11) is 0. The molecule has 0 bridgehead atoms. The minimum Gasteiger partial charge on any atom is -0.477 e. The van der Waals surface area contributed by atoms with Crippen LogP contribution < -0.4 is 0 Å². The summed E-state index contributed by atoms with van der Waals surface area (Å²) in [5.74, 6) is -1.01. The van der Waals surface area contributed by atoms with Gasteiger partial charge in [0.1, 0.15) is 5.56 Å². The van der Waals surface area contributed by atoms with Crippen LogP contribution in [0.15, 0.2) is 18.5 Å². The van der Waals surface area contributed by atoms with E-state index in [-0.39, 0.29) is 5.56 Å². The van der Waals surface area contributed by atoms with Crippen LogP contribution in [0.3, 0.4) is 0 Å². The van der Waals surface area contributed by atoms with Crippen LogP contribution in [-0.2, 0) is 0 Å². The highest BCUT2D eigenvalue weighted by atomic mass is 16.4. The summed E-state index contributed by atoms with van der Waals surface area (Å²) < 4.78 is 1.44. The first-order valence-corrected chi connectivity index (χ1v) is 3.73. The largest absolute Gasteiger partial charge is 0.477 e. The fourth-order valence-electron chi connectivity index (χ4n) is 1.11. The molecule has 0 spiro atoms. The maximum atomic E-state index is 10.7. The number of fused-ring (bicyclic) bond motifs is 1. The summed E-state index contributed by atoms with van der Waals surface area (Å²) in [5, 5.41) is 12.6. The Hall–Kier alpha value is -1.91. The van der Waals surface area contributed by atoms with Crippen molar-refractivity contribution in [1.29, 1.82) is 0 Å². The molecule has 0 unspecified atom stereocenters. The fourth-order valence-corrected chi connectivity index (χ4v) is 1.11. The molecule has 1 N–H and O–H groups in total. The van der Waals surface area contributed by atoms with Crippen molar-refractivity contribution in [2.75, 3.05) is 0 Å². The van der Waals surface area contributed by atoms with E-state index < -0.39 is 5.97 Å². The van der Waals surface area contributed by atoms with Gasteiger partial charge in [0.25, 0.3) is 0 Å². The Bertz CT molecular complexity index is 475. The van der Waals surface area contributed by atoms with E-state index in [1.807, 2.05) is 0 Å². The number of carboxylic acids is 1.